The van der Waals surface area contributed by atoms with Gasteiger partial charge in [-0.3, -0.25) is 4.79 Å². The van der Waals surface area contributed by atoms with Crippen molar-refractivity contribution >= 4 is 5.91 Å². The van der Waals surface area contributed by atoms with E-state index in [2.05, 4.69) is 12.2 Å². The summed E-state index contributed by atoms with van der Waals surface area (Å²) in [4.78, 5) is 13.3. The molecule has 0 radical (unpaired) electrons. The van der Waals surface area contributed by atoms with Crippen molar-refractivity contribution in [2.75, 3.05) is 13.6 Å². The van der Waals surface area contributed by atoms with Gasteiger partial charge in [0.25, 0.3) is 0 Å². The molecular weight excluding hydrogens is 138 g/mol. The quantitative estimate of drug-likeness (QED) is 0.474. The molecule has 0 N–H and O–H groups in total. The van der Waals surface area contributed by atoms with Crippen LogP contribution in [-0.2, 0) is 4.79 Å². The minimum absolute atomic E-state index is 0.310. The predicted molar refractivity (Wildman–Crippen MR) is 43.0 cm³/mol. The minimum Gasteiger partial charge on any atom is -0.345 e. The first kappa shape index (κ1) is 6.89. The summed E-state index contributed by atoms with van der Waals surface area (Å²) in [5.74, 6) is 1.27. The van der Waals surface area contributed by atoms with E-state index in [9.17, 15) is 4.79 Å². The monoisotopic (exact) mass is 151 g/mol. The molecule has 0 spiro atoms. The topological polar surface area (TPSA) is 20.3 Å². The van der Waals surface area contributed by atoms with Crippen LogP contribution in [0.25, 0.3) is 0 Å². The van der Waals surface area contributed by atoms with Crippen LogP contribution in [0.1, 0.15) is 12.8 Å². The van der Waals surface area contributed by atoms with Crippen LogP contribution in [0.15, 0.2) is 12.2 Å². The van der Waals surface area contributed by atoms with Crippen molar-refractivity contribution in [2.45, 2.75) is 12.8 Å². The van der Waals surface area contributed by atoms with Crippen LogP contribution in [0.3, 0.4) is 0 Å². The molecule has 2 unspecified atom stereocenters. The molecule has 1 fully saturated rings. The van der Waals surface area contributed by atoms with Gasteiger partial charge >= 0.3 is 0 Å². The van der Waals surface area contributed by atoms with Crippen molar-refractivity contribution < 1.29 is 4.79 Å². The Morgan fingerprint density at radius 2 is 2.18 bits per heavy atom. The second-order valence-electron chi connectivity index (χ2n) is 3.53. The van der Waals surface area contributed by atoms with Crippen LogP contribution in [0.4, 0.5) is 0 Å². The van der Waals surface area contributed by atoms with Gasteiger partial charge in [0.15, 0.2) is 0 Å². The van der Waals surface area contributed by atoms with Crippen LogP contribution in [-0.4, -0.2) is 24.4 Å². The number of rotatable bonds is 0. The lowest BCUT2D eigenvalue weighted by Crippen LogP contribution is -2.22. The van der Waals surface area contributed by atoms with E-state index in [0.29, 0.717) is 17.7 Å². The van der Waals surface area contributed by atoms with Crippen molar-refractivity contribution in [2.24, 2.45) is 11.8 Å². The average Bonchev–Trinajstić information content (AvgIpc) is 2.30. The lowest BCUT2D eigenvalue weighted by Gasteiger charge is -2.16. The Morgan fingerprint density at radius 1 is 1.45 bits per heavy atom. The number of carbonyl (C=O) groups excluding carboxylic acids is 1. The number of likely N-dealkylation sites (tertiary alicyclic amines) is 1. The standard InChI is InChI=1S/C9H13NO/c1-10-6-7-4-2-3-5-8(7)9(10)11/h2-3,7-8H,4-6H2,1H3. The lowest BCUT2D eigenvalue weighted by atomic mass is 9.86. The molecule has 0 bridgehead atoms. The first-order valence-electron chi connectivity index (χ1n) is 4.19. The van der Waals surface area contributed by atoms with E-state index < -0.39 is 0 Å². The predicted octanol–water partition coefficient (Wildman–Crippen LogP) is 1.04. The maximum absolute atomic E-state index is 11.4. The van der Waals surface area contributed by atoms with E-state index in [0.717, 1.165) is 19.4 Å². The van der Waals surface area contributed by atoms with E-state index in [1.807, 2.05) is 11.9 Å². The number of allylic oxidation sites excluding steroid dienone is 2. The summed E-state index contributed by atoms with van der Waals surface area (Å²) in [5.41, 5.74) is 0. The van der Waals surface area contributed by atoms with Gasteiger partial charge in [-0.05, 0) is 18.8 Å². The fraction of sp³-hybridized carbons (Fsp3) is 0.667. The Labute approximate surface area is 66.9 Å². The van der Waals surface area contributed by atoms with Crippen molar-refractivity contribution in [1.29, 1.82) is 0 Å². The zero-order valence-corrected chi connectivity index (χ0v) is 6.79. The van der Waals surface area contributed by atoms with Gasteiger partial charge in [0.2, 0.25) is 5.91 Å². The number of fused-ring (bicyclic) bond motifs is 1. The molecule has 0 aromatic carbocycles. The summed E-state index contributed by atoms with van der Waals surface area (Å²) in [6, 6.07) is 0. The van der Waals surface area contributed by atoms with Crippen LogP contribution in [0.2, 0.25) is 0 Å². The van der Waals surface area contributed by atoms with Crippen LogP contribution < -0.4 is 0 Å². The third-order valence-corrected chi connectivity index (χ3v) is 2.77. The lowest BCUT2D eigenvalue weighted by molar-refractivity contribution is -0.130. The number of carbonyl (C=O) groups is 1. The molecule has 60 valence electrons. The van der Waals surface area contributed by atoms with Crippen LogP contribution in [0.5, 0.6) is 0 Å². The van der Waals surface area contributed by atoms with Crippen LogP contribution >= 0.6 is 0 Å². The van der Waals surface area contributed by atoms with E-state index in [4.69, 9.17) is 0 Å². The van der Waals surface area contributed by atoms with Gasteiger partial charge in [-0.15, -0.1) is 0 Å². The van der Waals surface area contributed by atoms with Gasteiger partial charge in [-0.2, -0.15) is 0 Å². The molecule has 11 heavy (non-hydrogen) atoms. The molecule has 1 saturated heterocycles. The Hall–Kier alpha value is -0.790. The largest absolute Gasteiger partial charge is 0.345 e. The second kappa shape index (κ2) is 2.36. The fourth-order valence-corrected chi connectivity index (χ4v) is 2.10. The summed E-state index contributed by atoms with van der Waals surface area (Å²) >= 11 is 0. The summed E-state index contributed by atoms with van der Waals surface area (Å²) in [6.45, 7) is 0.966. The van der Waals surface area contributed by atoms with E-state index >= 15 is 0 Å². The number of hydrogen-bond donors (Lipinski definition) is 0. The highest BCUT2D eigenvalue weighted by Crippen LogP contribution is 2.32. The molecule has 1 amide bonds. The van der Waals surface area contributed by atoms with Crippen molar-refractivity contribution in [1.82, 2.24) is 4.90 Å². The van der Waals surface area contributed by atoms with Crippen molar-refractivity contribution in [3.05, 3.63) is 12.2 Å². The van der Waals surface area contributed by atoms with Gasteiger partial charge in [0.05, 0.1) is 0 Å². The molecule has 1 aliphatic heterocycles. The molecule has 2 rings (SSSR count). The second-order valence-corrected chi connectivity index (χ2v) is 3.53. The fourth-order valence-electron chi connectivity index (χ4n) is 2.10. The maximum Gasteiger partial charge on any atom is 0.226 e. The van der Waals surface area contributed by atoms with Crippen molar-refractivity contribution in [3.63, 3.8) is 0 Å². The molecule has 0 saturated carbocycles. The maximum atomic E-state index is 11.4. The van der Waals surface area contributed by atoms with E-state index in [1.165, 1.54) is 0 Å². The Morgan fingerprint density at radius 3 is 2.91 bits per heavy atom. The highest BCUT2D eigenvalue weighted by Gasteiger charge is 2.37. The molecule has 1 aliphatic carbocycles. The van der Waals surface area contributed by atoms with Gasteiger partial charge in [0, 0.05) is 19.5 Å². The molecule has 0 aromatic rings. The van der Waals surface area contributed by atoms with Gasteiger partial charge in [-0.25, -0.2) is 0 Å². The summed E-state index contributed by atoms with van der Waals surface area (Å²) in [5, 5.41) is 0. The first-order chi connectivity index (χ1) is 5.29. The summed E-state index contributed by atoms with van der Waals surface area (Å²) in [6.07, 6.45) is 6.40. The van der Waals surface area contributed by atoms with Gasteiger partial charge in [-0.1, -0.05) is 12.2 Å². The Balaban J connectivity index is 2.18. The minimum atomic E-state index is 0.310. The highest BCUT2D eigenvalue weighted by molar-refractivity contribution is 5.81. The SMILES string of the molecule is CN1CC2CC=CCC2C1=O. The number of hydrogen-bond acceptors (Lipinski definition) is 1. The Kier molecular flexibility index (Phi) is 1.48. The number of amides is 1. The molecule has 2 aliphatic rings. The van der Waals surface area contributed by atoms with Gasteiger partial charge in [0.1, 0.15) is 0 Å². The van der Waals surface area contributed by atoms with E-state index in [1.54, 1.807) is 0 Å². The molecule has 2 atom stereocenters. The third-order valence-electron chi connectivity index (χ3n) is 2.77. The zero-order chi connectivity index (χ0) is 7.84. The number of nitrogens with zero attached hydrogens (tertiary/aromatic N) is 1. The van der Waals surface area contributed by atoms with Crippen molar-refractivity contribution in [3.8, 4) is 0 Å². The summed E-state index contributed by atoms with van der Waals surface area (Å²) in [7, 11) is 1.90. The smallest absolute Gasteiger partial charge is 0.226 e. The Bertz CT molecular complexity index is 210. The normalized spacial score (nSPS) is 36.1. The molecule has 0 aromatic heterocycles. The van der Waals surface area contributed by atoms with Crippen LogP contribution in [0, 0.1) is 11.8 Å². The first-order valence-corrected chi connectivity index (χ1v) is 4.19. The molecule has 2 nitrogen and oxygen atoms in total. The molecule has 1 heterocycles. The third kappa shape index (κ3) is 0.971. The van der Waals surface area contributed by atoms with Gasteiger partial charge < -0.3 is 4.90 Å². The van der Waals surface area contributed by atoms with E-state index in [-0.39, 0.29) is 0 Å². The average molecular weight is 151 g/mol. The summed E-state index contributed by atoms with van der Waals surface area (Å²) < 4.78 is 0. The molecule has 2 heteroatoms. The molecular formula is C9H13NO. The zero-order valence-electron chi connectivity index (χ0n) is 6.79. The highest BCUT2D eigenvalue weighted by atomic mass is 16.2.